The van der Waals surface area contributed by atoms with Gasteiger partial charge in [-0.1, -0.05) is 20.8 Å². The highest BCUT2D eigenvalue weighted by Gasteiger charge is 2.61. The highest BCUT2D eigenvalue weighted by molar-refractivity contribution is 5.07. The van der Waals surface area contributed by atoms with E-state index in [1.807, 2.05) is 27.7 Å². The van der Waals surface area contributed by atoms with Crippen molar-refractivity contribution in [2.75, 3.05) is 13.2 Å². The van der Waals surface area contributed by atoms with Crippen molar-refractivity contribution in [2.45, 2.75) is 84.6 Å². The predicted molar refractivity (Wildman–Crippen MR) is 79.7 cm³/mol. The second-order valence-corrected chi connectivity index (χ2v) is 6.43. The summed E-state index contributed by atoms with van der Waals surface area (Å²) < 4.78 is 12.2. The Kier molecular flexibility index (Phi) is 5.64. The summed E-state index contributed by atoms with van der Waals surface area (Å²) in [6, 6.07) is 0. The van der Waals surface area contributed by atoms with Crippen LogP contribution < -0.4 is 0 Å². The van der Waals surface area contributed by atoms with Crippen LogP contribution in [0.1, 0.15) is 67.7 Å². The fraction of sp³-hybridized carbons (Fsp3) is 1.00. The molecular formula is C16H32NO3. The van der Waals surface area contributed by atoms with Crippen molar-refractivity contribution in [1.82, 2.24) is 5.06 Å². The Labute approximate surface area is 124 Å². The molecule has 0 bridgehead atoms. The molecule has 0 saturated carbocycles. The first-order chi connectivity index (χ1) is 9.26. The van der Waals surface area contributed by atoms with Gasteiger partial charge in [0.2, 0.25) is 0 Å². The average molecular weight is 286 g/mol. The minimum Gasteiger partial charge on any atom is -0.350 e. The van der Waals surface area contributed by atoms with Crippen LogP contribution in [0.4, 0.5) is 0 Å². The minimum absolute atomic E-state index is 0.0250. The van der Waals surface area contributed by atoms with Gasteiger partial charge in [-0.25, -0.2) is 0 Å². The molecule has 1 rings (SSSR count). The SMILES string of the molecule is CCOC1(OCC)CC(C)(CC)N([O])C(C)(CC)C1C. The van der Waals surface area contributed by atoms with E-state index in [2.05, 4.69) is 20.8 Å². The van der Waals surface area contributed by atoms with E-state index in [-0.39, 0.29) is 5.92 Å². The van der Waals surface area contributed by atoms with E-state index in [4.69, 9.17) is 9.47 Å². The highest BCUT2D eigenvalue weighted by Crippen LogP contribution is 2.51. The highest BCUT2D eigenvalue weighted by atomic mass is 16.7. The number of nitrogens with zero attached hydrogens (tertiary/aromatic N) is 1. The molecule has 3 atom stereocenters. The lowest BCUT2D eigenvalue weighted by Crippen LogP contribution is -2.71. The molecule has 0 aromatic rings. The summed E-state index contributed by atoms with van der Waals surface area (Å²) in [6.07, 6.45) is 2.20. The molecule has 0 aromatic carbocycles. The number of ether oxygens (including phenoxy) is 2. The van der Waals surface area contributed by atoms with Crippen molar-refractivity contribution in [2.24, 2.45) is 5.92 Å². The molecule has 1 aliphatic rings. The van der Waals surface area contributed by atoms with Crippen LogP contribution in [0.15, 0.2) is 0 Å². The van der Waals surface area contributed by atoms with Crippen LogP contribution in [0.3, 0.4) is 0 Å². The first-order valence-corrected chi connectivity index (χ1v) is 8.01. The molecule has 0 N–H and O–H groups in total. The average Bonchev–Trinajstić information content (AvgIpc) is 2.43. The van der Waals surface area contributed by atoms with E-state index in [9.17, 15) is 5.21 Å². The van der Waals surface area contributed by atoms with Gasteiger partial charge in [0.15, 0.2) is 5.79 Å². The second kappa shape index (κ2) is 6.30. The van der Waals surface area contributed by atoms with Crippen LogP contribution in [0.5, 0.6) is 0 Å². The molecule has 3 unspecified atom stereocenters. The molecule has 4 nitrogen and oxygen atoms in total. The Bertz CT molecular complexity index is 317. The Balaban J connectivity index is 3.31. The van der Waals surface area contributed by atoms with Gasteiger partial charge in [-0.3, -0.25) is 0 Å². The van der Waals surface area contributed by atoms with E-state index < -0.39 is 16.9 Å². The number of hydrogen-bond donors (Lipinski definition) is 0. The summed E-state index contributed by atoms with van der Waals surface area (Å²) in [5.41, 5.74) is -0.908. The smallest absolute Gasteiger partial charge is 0.174 e. The lowest BCUT2D eigenvalue weighted by Gasteiger charge is -2.60. The molecule has 0 amide bonds. The van der Waals surface area contributed by atoms with Crippen molar-refractivity contribution in [1.29, 1.82) is 0 Å². The maximum atomic E-state index is 12.9. The van der Waals surface area contributed by atoms with E-state index in [1.165, 1.54) is 5.06 Å². The molecule has 0 aliphatic carbocycles. The summed E-state index contributed by atoms with van der Waals surface area (Å²) in [6.45, 7) is 15.5. The molecule has 1 heterocycles. The van der Waals surface area contributed by atoms with Crippen molar-refractivity contribution in [3.8, 4) is 0 Å². The quantitative estimate of drug-likeness (QED) is 0.698. The zero-order valence-electron chi connectivity index (χ0n) is 14.3. The van der Waals surface area contributed by atoms with Crippen molar-refractivity contribution in [3.63, 3.8) is 0 Å². The number of rotatable bonds is 6. The molecule has 1 aliphatic heterocycles. The molecule has 0 aromatic heterocycles. The molecule has 1 radical (unpaired) electrons. The van der Waals surface area contributed by atoms with Crippen LogP contribution in [0, 0.1) is 5.92 Å². The van der Waals surface area contributed by atoms with Crippen molar-refractivity contribution >= 4 is 0 Å². The molecule has 4 heteroatoms. The third kappa shape index (κ3) is 2.63. The maximum absolute atomic E-state index is 12.9. The van der Waals surface area contributed by atoms with E-state index in [0.717, 1.165) is 12.8 Å². The normalized spacial score (nSPS) is 38.1. The standard InChI is InChI=1S/C16H32NO3/c1-8-14(6)12-16(19-10-3,20-11-4)13(5)15(7,9-2)17(14)18/h13H,8-12H2,1-7H3. The monoisotopic (exact) mass is 286 g/mol. The molecule has 0 spiro atoms. The minimum atomic E-state index is -0.653. The maximum Gasteiger partial charge on any atom is 0.174 e. The lowest BCUT2D eigenvalue weighted by molar-refractivity contribution is -0.391. The van der Waals surface area contributed by atoms with Crippen LogP contribution >= 0.6 is 0 Å². The van der Waals surface area contributed by atoms with Crippen LogP contribution in [0.25, 0.3) is 0 Å². The number of hydroxylamine groups is 2. The summed E-state index contributed by atoms with van der Waals surface area (Å²) in [7, 11) is 0. The van der Waals surface area contributed by atoms with Crippen molar-refractivity contribution in [3.05, 3.63) is 0 Å². The Morgan fingerprint density at radius 3 is 1.90 bits per heavy atom. The fourth-order valence-corrected chi connectivity index (χ4v) is 3.62. The van der Waals surface area contributed by atoms with E-state index in [1.54, 1.807) is 0 Å². The summed E-state index contributed by atoms with van der Waals surface area (Å²) >= 11 is 0. The predicted octanol–water partition coefficient (Wildman–Crippen LogP) is 3.78. The molecule has 119 valence electrons. The van der Waals surface area contributed by atoms with Gasteiger partial charge in [0.05, 0.1) is 11.1 Å². The number of piperidine rings is 1. The molecule has 20 heavy (non-hydrogen) atoms. The third-order valence-corrected chi connectivity index (χ3v) is 5.43. The molecule has 1 fully saturated rings. The second-order valence-electron chi connectivity index (χ2n) is 6.43. The summed E-state index contributed by atoms with van der Waals surface area (Å²) in [5, 5.41) is 14.3. The van der Waals surface area contributed by atoms with Crippen LogP contribution in [0.2, 0.25) is 0 Å². The largest absolute Gasteiger partial charge is 0.350 e. The van der Waals surface area contributed by atoms with E-state index >= 15 is 0 Å². The molecule has 1 saturated heterocycles. The zero-order chi connectivity index (χ0) is 15.6. The Morgan fingerprint density at radius 1 is 1.05 bits per heavy atom. The van der Waals surface area contributed by atoms with Crippen LogP contribution in [-0.2, 0) is 14.7 Å². The van der Waals surface area contributed by atoms with Gasteiger partial charge < -0.3 is 9.47 Å². The van der Waals surface area contributed by atoms with Gasteiger partial charge >= 0.3 is 0 Å². The Hall–Kier alpha value is -0.160. The van der Waals surface area contributed by atoms with Gasteiger partial charge in [-0.2, -0.15) is 0 Å². The van der Waals surface area contributed by atoms with Gasteiger partial charge in [-0.15, -0.1) is 10.3 Å². The lowest BCUT2D eigenvalue weighted by atomic mass is 9.67. The van der Waals surface area contributed by atoms with E-state index in [0.29, 0.717) is 19.6 Å². The topological polar surface area (TPSA) is 41.6 Å². The number of hydrogen-bond acceptors (Lipinski definition) is 3. The summed E-state index contributed by atoms with van der Waals surface area (Å²) in [4.78, 5) is 0. The van der Waals surface area contributed by atoms with Gasteiger partial charge in [0.25, 0.3) is 0 Å². The van der Waals surface area contributed by atoms with Gasteiger partial charge in [-0.05, 0) is 40.5 Å². The van der Waals surface area contributed by atoms with Crippen LogP contribution in [-0.4, -0.2) is 35.1 Å². The zero-order valence-corrected chi connectivity index (χ0v) is 14.3. The fourth-order valence-electron chi connectivity index (χ4n) is 3.62. The van der Waals surface area contributed by atoms with Gasteiger partial charge in [0.1, 0.15) is 0 Å². The first kappa shape index (κ1) is 17.9. The van der Waals surface area contributed by atoms with Gasteiger partial charge in [0, 0.05) is 25.6 Å². The third-order valence-electron chi connectivity index (χ3n) is 5.43. The van der Waals surface area contributed by atoms with Crippen molar-refractivity contribution < 1.29 is 14.7 Å². The Morgan fingerprint density at radius 2 is 1.55 bits per heavy atom. The first-order valence-electron chi connectivity index (χ1n) is 8.01. The summed E-state index contributed by atoms with van der Waals surface area (Å²) in [5.74, 6) is -0.628. The molecular weight excluding hydrogens is 254 g/mol.